The first-order chi connectivity index (χ1) is 17.8. The van der Waals surface area contributed by atoms with Gasteiger partial charge in [-0.3, -0.25) is 14.5 Å². The molecule has 0 saturated carbocycles. The molecule has 0 radical (unpaired) electrons. The highest BCUT2D eigenvalue weighted by molar-refractivity contribution is 6.30. The molecule has 2 amide bonds. The van der Waals surface area contributed by atoms with Crippen LogP contribution in [0.5, 0.6) is 0 Å². The van der Waals surface area contributed by atoms with Gasteiger partial charge in [-0.05, 0) is 62.3 Å². The molecule has 2 aliphatic heterocycles. The number of imidazole rings is 1. The van der Waals surface area contributed by atoms with Gasteiger partial charge in [0.1, 0.15) is 17.3 Å². The van der Waals surface area contributed by atoms with Crippen molar-refractivity contribution in [3.05, 3.63) is 53.1 Å². The van der Waals surface area contributed by atoms with Gasteiger partial charge in [-0.15, -0.1) is 0 Å². The third-order valence-electron chi connectivity index (χ3n) is 6.92. The number of likely N-dealkylation sites (tertiary alicyclic amines) is 1. The number of hydrogen-bond acceptors (Lipinski definition) is 4. The smallest absolute Gasteiger partial charge is 0.226 e. The first-order valence-electron chi connectivity index (χ1n) is 12.5. The summed E-state index contributed by atoms with van der Waals surface area (Å²) in [5, 5.41) is 3.03. The zero-order valence-electron chi connectivity index (χ0n) is 20.6. The Morgan fingerprint density at radius 3 is 2.51 bits per heavy atom. The minimum atomic E-state index is -0.572. The Morgan fingerprint density at radius 1 is 1.00 bits per heavy atom. The lowest BCUT2D eigenvalue weighted by atomic mass is 10.0. The van der Waals surface area contributed by atoms with Crippen LogP contribution in [0, 0.1) is 11.6 Å². The van der Waals surface area contributed by atoms with Crippen molar-refractivity contribution in [2.45, 2.75) is 39.2 Å². The van der Waals surface area contributed by atoms with Crippen LogP contribution in [-0.4, -0.2) is 52.4 Å². The molecule has 2 aromatic carbocycles. The zero-order chi connectivity index (χ0) is 26.1. The average molecular weight is 528 g/mol. The number of carbonyl (C=O) groups excluding carboxylic acids is 2. The Hall–Kier alpha value is -3.30. The third-order valence-corrected chi connectivity index (χ3v) is 7.15. The number of benzene rings is 2. The molecule has 194 valence electrons. The fourth-order valence-electron chi connectivity index (χ4n) is 5.04. The summed E-state index contributed by atoms with van der Waals surface area (Å²) in [4.78, 5) is 33.2. The van der Waals surface area contributed by atoms with Gasteiger partial charge in [0.2, 0.25) is 17.8 Å². The van der Waals surface area contributed by atoms with Gasteiger partial charge in [0.25, 0.3) is 0 Å². The van der Waals surface area contributed by atoms with Crippen molar-refractivity contribution in [1.29, 1.82) is 0 Å². The van der Waals surface area contributed by atoms with Gasteiger partial charge in [0, 0.05) is 49.1 Å². The quantitative estimate of drug-likeness (QED) is 0.470. The van der Waals surface area contributed by atoms with Crippen LogP contribution < -0.4 is 10.2 Å². The summed E-state index contributed by atoms with van der Waals surface area (Å²) in [7, 11) is 0. The summed E-state index contributed by atoms with van der Waals surface area (Å²) in [6.07, 6.45) is 3.73. The molecule has 5 rings (SSSR count). The maximum absolute atomic E-state index is 14.9. The van der Waals surface area contributed by atoms with Crippen LogP contribution in [0.1, 0.15) is 32.6 Å². The molecule has 3 aromatic rings. The van der Waals surface area contributed by atoms with E-state index in [4.69, 9.17) is 11.6 Å². The van der Waals surface area contributed by atoms with Crippen LogP contribution in [0.3, 0.4) is 0 Å². The van der Waals surface area contributed by atoms with Crippen LogP contribution in [0.25, 0.3) is 22.5 Å². The minimum absolute atomic E-state index is 0.0376. The first kappa shape index (κ1) is 25.4. The standard InChI is InChI=1S/C27H28ClF2N5O2/c1-17(36)34-13-14-35-26(25(32-27(34)35)20-16-19(28)6-8-21(20)29)18-5-7-22(30)23(15-18)31-24(37)9-12-33-10-3-2-4-11-33/h5-8,15-16H,2-4,9-14H2,1H3,(H,31,37). The van der Waals surface area contributed by atoms with E-state index in [1.807, 2.05) is 4.57 Å². The largest absolute Gasteiger partial charge is 0.324 e. The molecule has 1 fully saturated rings. The van der Waals surface area contributed by atoms with Gasteiger partial charge < -0.3 is 14.8 Å². The number of nitrogens with zero attached hydrogens (tertiary/aromatic N) is 4. The summed E-state index contributed by atoms with van der Waals surface area (Å²) in [6.45, 7) is 4.88. The molecule has 1 saturated heterocycles. The number of hydrogen-bond donors (Lipinski definition) is 1. The molecule has 0 spiro atoms. The highest BCUT2D eigenvalue weighted by Gasteiger charge is 2.31. The Kier molecular flexibility index (Phi) is 7.26. The number of fused-ring (bicyclic) bond motifs is 1. The van der Waals surface area contributed by atoms with Crippen molar-refractivity contribution in [1.82, 2.24) is 14.5 Å². The van der Waals surface area contributed by atoms with E-state index < -0.39 is 11.6 Å². The number of carbonyl (C=O) groups is 2. The fraction of sp³-hybridized carbons (Fsp3) is 0.370. The van der Waals surface area contributed by atoms with E-state index in [9.17, 15) is 18.4 Å². The zero-order valence-corrected chi connectivity index (χ0v) is 21.3. The van der Waals surface area contributed by atoms with E-state index in [1.54, 1.807) is 6.07 Å². The molecular weight excluding hydrogens is 500 g/mol. The number of aromatic nitrogens is 2. The second-order valence-corrected chi connectivity index (χ2v) is 9.89. The van der Waals surface area contributed by atoms with Crippen molar-refractivity contribution < 1.29 is 18.4 Å². The van der Waals surface area contributed by atoms with Crippen molar-refractivity contribution in [3.63, 3.8) is 0 Å². The number of anilines is 2. The van der Waals surface area contributed by atoms with Gasteiger partial charge in [-0.25, -0.2) is 13.8 Å². The van der Waals surface area contributed by atoms with E-state index in [0.29, 0.717) is 41.9 Å². The number of halogens is 3. The van der Waals surface area contributed by atoms with Crippen LogP contribution >= 0.6 is 11.6 Å². The topological polar surface area (TPSA) is 70.5 Å². The average Bonchev–Trinajstić information content (AvgIpc) is 3.46. The number of amides is 2. The third kappa shape index (κ3) is 5.24. The molecule has 2 aliphatic rings. The molecule has 0 unspecified atom stereocenters. The second-order valence-electron chi connectivity index (χ2n) is 9.45. The lowest BCUT2D eigenvalue weighted by molar-refractivity contribution is -0.117. The van der Waals surface area contributed by atoms with Crippen molar-refractivity contribution >= 4 is 35.1 Å². The Bertz CT molecular complexity index is 1350. The van der Waals surface area contributed by atoms with Crippen molar-refractivity contribution in [2.24, 2.45) is 0 Å². The minimum Gasteiger partial charge on any atom is -0.324 e. The van der Waals surface area contributed by atoms with Crippen molar-refractivity contribution in [2.75, 3.05) is 36.4 Å². The van der Waals surface area contributed by atoms with Crippen LogP contribution in [0.4, 0.5) is 20.4 Å². The predicted octanol–water partition coefficient (Wildman–Crippen LogP) is 5.33. The molecular formula is C27H28ClF2N5O2. The fourth-order valence-corrected chi connectivity index (χ4v) is 5.21. The summed E-state index contributed by atoms with van der Waals surface area (Å²) in [5.74, 6) is -1.17. The summed E-state index contributed by atoms with van der Waals surface area (Å²) in [5.41, 5.74) is 1.55. The van der Waals surface area contributed by atoms with Gasteiger partial charge in [0.05, 0.1) is 11.4 Å². The lowest BCUT2D eigenvalue weighted by Gasteiger charge is -2.26. The number of piperidine rings is 1. The lowest BCUT2D eigenvalue weighted by Crippen LogP contribution is -2.32. The highest BCUT2D eigenvalue weighted by Crippen LogP contribution is 2.40. The molecule has 37 heavy (non-hydrogen) atoms. The first-order valence-corrected chi connectivity index (χ1v) is 12.9. The van der Waals surface area contributed by atoms with Crippen molar-refractivity contribution in [3.8, 4) is 22.5 Å². The normalized spacial score (nSPS) is 15.6. The van der Waals surface area contributed by atoms with E-state index in [2.05, 4.69) is 15.2 Å². The number of rotatable bonds is 6. The second kappa shape index (κ2) is 10.6. The van der Waals surface area contributed by atoms with Crippen LogP contribution in [-0.2, 0) is 16.1 Å². The van der Waals surface area contributed by atoms with E-state index in [1.165, 1.54) is 48.6 Å². The Morgan fingerprint density at radius 2 is 1.76 bits per heavy atom. The van der Waals surface area contributed by atoms with Crippen LogP contribution in [0.2, 0.25) is 5.02 Å². The Balaban J connectivity index is 1.49. The van der Waals surface area contributed by atoms with E-state index in [0.717, 1.165) is 25.9 Å². The summed E-state index contributed by atoms with van der Waals surface area (Å²) >= 11 is 6.16. The highest BCUT2D eigenvalue weighted by atomic mass is 35.5. The summed E-state index contributed by atoms with van der Waals surface area (Å²) in [6, 6.07) is 8.54. The monoisotopic (exact) mass is 527 g/mol. The molecule has 1 N–H and O–H groups in total. The van der Waals surface area contributed by atoms with Gasteiger partial charge in [-0.2, -0.15) is 0 Å². The predicted molar refractivity (Wildman–Crippen MR) is 140 cm³/mol. The maximum atomic E-state index is 14.9. The van der Waals surface area contributed by atoms with E-state index in [-0.39, 0.29) is 35.2 Å². The molecule has 0 bridgehead atoms. The van der Waals surface area contributed by atoms with Gasteiger partial charge in [0.15, 0.2) is 0 Å². The van der Waals surface area contributed by atoms with E-state index >= 15 is 0 Å². The molecule has 1 aromatic heterocycles. The number of nitrogens with one attached hydrogen (secondary N) is 1. The van der Waals surface area contributed by atoms with Gasteiger partial charge >= 0.3 is 0 Å². The maximum Gasteiger partial charge on any atom is 0.226 e. The van der Waals surface area contributed by atoms with Gasteiger partial charge in [-0.1, -0.05) is 18.0 Å². The molecule has 7 nitrogen and oxygen atoms in total. The summed E-state index contributed by atoms with van der Waals surface area (Å²) < 4.78 is 31.5. The Labute approximate surface area is 219 Å². The molecule has 0 aliphatic carbocycles. The SMILES string of the molecule is CC(=O)N1CCn2c1nc(-c1cc(Cl)ccc1F)c2-c1ccc(F)c(NC(=O)CCN2CCCCC2)c1. The molecule has 0 atom stereocenters. The molecule has 3 heterocycles. The van der Waals surface area contributed by atoms with Crippen LogP contribution in [0.15, 0.2) is 36.4 Å². The molecule has 10 heteroatoms.